The minimum atomic E-state index is -4.31. The van der Waals surface area contributed by atoms with Crippen LogP contribution in [0.25, 0.3) is 10.9 Å². The Balaban J connectivity index is 1.45. The molecule has 0 spiro atoms. The minimum Gasteiger partial charge on any atom is -0.470 e. The first-order valence-electron chi connectivity index (χ1n) is 9.76. The second-order valence-electron chi connectivity index (χ2n) is 7.60. The van der Waals surface area contributed by atoms with E-state index >= 15 is 0 Å². The highest BCUT2D eigenvalue weighted by Gasteiger charge is 2.42. The molecule has 0 radical (unpaired) electrons. The van der Waals surface area contributed by atoms with Gasteiger partial charge in [-0.2, -0.15) is 13.9 Å². The van der Waals surface area contributed by atoms with E-state index in [1.807, 2.05) is 0 Å². The van der Waals surface area contributed by atoms with Gasteiger partial charge in [0.25, 0.3) is 0 Å². The summed E-state index contributed by atoms with van der Waals surface area (Å²) in [7, 11) is 0. The zero-order valence-corrected chi connectivity index (χ0v) is 17.3. The van der Waals surface area contributed by atoms with Crippen molar-refractivity contribution in [2.24, 2.45) is 5.92 Å². The predicted octanol–water partition coefficient (Wildman–Crippen LogP) is 4.55. The van der Waals surface area contributed by atoms with E-state index in [4.69, 9.17) is 11.6 Å². The molecule has 32 heavy (non-hydrogen) atoms. The maximum absolute atomic E-state index is 13.0. The van der Waals surface area contributed by atoms with Gasteiger partial charge in [0.05, 0.1) is 17.4 Å². The Labute approximate surface area is 184 Å². The van der Waals surface area contributed by atoms with Gasteiger partial charge in [0, 0.05) is 25.0 Å². The zero-order valence-electron chi connectivity index (χ0n) is 16.6. The van der Waals surface area contributed by atoms with Gasteiger partial charge in [-0.1, -0.05) is 11.6 Å². The molecule has 12 heteroatoms. The van der Waals surface area contributed by atoms with E-state index in [0.29, 0.717) is 34.6 Å². The van der Waals surface area contributed by atoms with Crippen LogP contribution in [-0.2, 0) is 11.3 Å². The number of ether oxygens (including phenoxy) is 1. The maximum Gasteiger partial charge on any atom is 0.340 e. The molecule has 7 nitrogen and oxygen atoms in total. The summed E-state index contributed by atoms with van der Waals surface area (Å²) >= 11 is 6.00. The van der Waals surface area contributed by atoms with E-state index in [9.17, 15) is 22.4 Å². The van der Waals surface area contributed by atoms with Gasteiger partial charge < -0.3 is 10.1 Å². The fourth-order valence-electron chi connectivity index (χ4n) is 3.01. The average molecular weight is 472 g/mol. The number of amides is 1. The van der Waals surface area contributed by atoms with Crippen LogP contribution in [0, 0.1) is 5.92 Å². The van der Waals surface area contributed by atoms with Gasteiger partial charge in [-0.15, -0.1) is 0 Å². The SMILES string of the molecule is O=C(CC1CC1)Nc1nccc2nn(Cc3cnc(OCC(F)(F)C(F)F)c(Cl)c3)cc12. The summed E-state index contributed by atoms with van der Waals surface area (Å²) in [5.74, 6) is -3.91. The average Bonchev–Trinajstić information content (AvgIpc) is 3.43. The number of alkyl halides is 4. The van der Waals surface area contributed by atoms with Crippen molar-refractivity contribution in [3.63, 3.8) is 0 Å². The van der Waals surface area contributed by atoms with Crippen LogP contribution in [0.2, 0.25) is 5.02 Å². The standard InChI is InChI=1S/C20H18ClF4N5O2/c21-14-5-12(7-27-18(14)32-10-20(24,25)19(22)23)8-30-9-13-15(29-30)3-4-26-17(13)28-16(31)6-11-1-2-11/h3-5,7,9,11,19H,1-2,6,8,10H2,(H,26,28,31). The number of hydrogen-bond donors (Lipinski definition) is 1. The van der Waals surface area contributed by atoms with Gasteiger partial charge in [-0.3, -0.25) is 9.48 Å². The molecule has 0 bridgehead atoms. The number of carbonyl (C=O) groups is 1. The highest BCUT2D eigenvalue weighted by Crippen LogP contribution is 2.33. The first-order valence-corrected chi connectivity index (χ1v) is 10.1. The molecular weight excluding hydrogens is 454 g/mol. The largest absolute Gasteiger partial charge is 0.470 e. The van der Waals surface area contributed by atoms with Crippen LogP contribution in [0.5, 0.6) is 5.88 Å². The summed E-state index contributed by atoms with van der Waals surface area (Å²) in [4.78, 5) is 20.2. The molecule has 0 aliphatic heterocycles. The lowest BCUT2D eigenvalue weighted by molar-refractivity contribution is -0.148. The van der Waals surface area contributed by atoms with E-state index in [1.54, 1.807) is 23.1 Å². The lowest BCUT2D eigenvalue weighted by Gasteiger charge is -2.16. The van der Waals surface area contributed by atoms with Crippen molar-refractivity contribution >= 4 is 34.2 Å². The smallest absolute Gasteiger partial charge is 0.340 e. The summed E-state index contributed by atoms with van der Waals surface area (Å²) in [5, 5.41) is 7.81. The van der Waals surface area contributed by atoms with Crippen molar-refractivity contribution in [1.29, 1.82) is 0 Å². The third-order valence-corrected chi connectivity index (χ3v) is 5.11. The lowest BCUT2D eigenvalue weighted by Crippen LogP contribution is -2.34. The summed E-state index contributed by atoms with van der Waals surface area (Å²) < 4.78 is 56.8. The second kappa shape index (κ2) is 8.89. The highest BCUT2D eigenvalue weighted by molar-refractivity contribution is 6.31. The van der Waals surface area contributed by atoms with Gasteiger partial charge in [0.15, 0.2) is 6.61 Å². The van der Waals surface area contributed by atoms with Gasteiger partial charge in [0.2, 0.25) is 11.8 Å². The topological polar surface area (TPSA) is 81.9 Å². The number of fused-ring (bicyclic) bond motifs is 1. The molecule has 1 N–H and O–H groups in total. The number of rotatable bonds is 9. The number of nitrogens with zero attached hydrogens (tertiary/aromatic N) is 4. The van der Waals surface area contributed by atoms with Crippen LogP contribution >= 0.6 is 11.6 Å². The lowest BCUT2D eigenvalue weighted by atomic mass is 10.2. The van der Waals surface area contributed by atoms with Gasteiger partial charge in [0.1, 0.15) is 10.8 Å². The van der Waals surface area contributed by atoms with Crippen molar-refractivity contribution in [3.8, 4) is 5.88 Å². The Bertz CT molecular complexity index is 1140. The van der Waals surface area contributed by atoms with Gasteiger partial charge in [-0.25, -0.2) is 18.7 Å². The van der Waals surface area contributed by atoms with E-state index in [2.05, 4.69) is 25.1 Å². The fourth-order valence-corrected chi connectivity index (χ4v) is 3.26. The number of hydrogen-bond acceptors (Lipinski definition) is 5. The quantitative estimate of drug-likeness (QED) is 0.463. The monoisotopic (exact) mass is 471 g/mol. The molecule has 1 aliphatic carbocycles. The highest BCUT2D eigenvalue weighted by atomic mass is 35.5. The first kappa shape index (κ1) is 22.3. The van der Waals surface area contributed by atoms with Crippen molar-refractivity contribution < 1.29 is 27.1 Å². The van der Waals surface area contributed by atoms with Gasteiger partial charge >= 0.3 is 12.3 Å². The van der Waals surface area contributed by atoms with E-state index in [1.165, 1.54) is 12.3 Å². The molecule has 0 unspecified atom stereocenters. The van der Waals surface area contributed by atoms with Crippen molar-refractivity contribution in [1.82, 2.24) is 19.7 Å². The van der Waals surface area contributed by atoms with Crippen LogP contribution in [0.3, 0.4) is 0 Å². The molecule has 1 saturated carbocycles. The normalized spacial score (nSPS) is 14.2. The molecule has 1 aliphatic rings. The maximum atomic E-state index is 13.0. The number of carbonyl (C=O) groups excluding carboxylic acids is 1. The Morgan fingerprint density at radius 1 is 1.34 bits per heavy atom. The molecular formula is C20H18ClF4N5O2. The van der Waals surface area contributed by atoms with Crippen LogP contribution in [0.15, 0.2) is 30.7 Å². The third kappa shape index (κ3) is 5.26. The molecule has 170 valence electrons. The van der Waals surface area contributed by atoms with Crippen LogP contribution in [0.4, 0.5) is 23.4 Å². The summed E-state index contributed by atoms with van der Waals surface area (Å²) in [6, 6.07) is 3.13. The number of halogens is 5. The summed E-state index contributed by atoms with van der Waals surface area (Å²) in [6.45, 7) is -1.31. The Kier molecular flexibility index (Phi) is 6.18. The Morgan fingerprint density at radius 2 is 2.12 bits per heavy atom. The molecule has 0 atom stereocenters. The Hall–Kier alpha value is -2.95. The van der Waals surface area contributed by atoms with E-state index in [-0.39, 0.29) is 23.4 Å². The van der Waals surface area contributed by atoms with Crippen LogP contribution in [-0.4, -0.2) is 44.6 Å². The van der Waals surface area contributed by atoms with Gasteiger partial charge in [-0.05, 0) is 36.5 Å². The molecule has 0 saturated heterocycles. The first-order chi connectivity index (χ1) is 15.2. The molecule has 3 aromatic rings. The van der Waals surface area contributed by atoms with Crippen molar-refractivity contribution in [2.45, 2.75) is 38.2 Å². The Morgan fingerprint density at radius 3 is 2.81 bits per heavy atom. The molecule has 1 fully saturated rings. The summed E-state index contributed by atoms with van der Waals surface area (Å²) in [6.07, 6.45) is 3.32. The van der Waals surface area contributed by atoms with Crippen LogP contribution in [0.1, 0.15) is 24.8 Å². The molecule has 4 rings (SSSR count). The van der Waals surface area contributed by atoms with Crippen LogP contribution < -0.4 is 10.1 Å². The van der Waals surface area contributed by atoms with E-state index < -0.39 is 19.0 Å². The molecule has 3 aromatic heterocycles. The van der Waals surface area contributed by atoms with Crippen molar-refractivity contribution in [2.75, 3.05) is 11.9 Å². The molecule has 0 aromatic carbocycles. The molecule has 3 heterocycles. The fraction of sp³-hybridized carbons (Fsp3) is 0.400. The number of anilines is 1. The second-order valence-corrected chi connectivity index (χ2v) is 8.00. The number of pyridine rings is 2. The zero-order chi connectivity index (χ0) is 22.9. The van der Waals surface area contributed by atoms with E-state index in [0.717, 1.165) is 12.8 Å². The third-order valence-electron chi connectivity index (χ3n) is 4.84. The minimum absolute atomic E-state index is 0.0933. The number of nitrogens with one attached hydrogen (secondary N) is 1. The summed E-state index contributed by atoms with van der Waals surface area (Å²) in [5.41, 5.74) is 1.19. The molecule has 1 amide bonds. The predicted molar refractivity (Wildman–Crippen MR) is 108 cm³/mol. The number of aromatic nitrogens is 4. The van der Waals surface area contributed by atoms with Crippen molar-refractivity contribution in [3.05, 3.63) is 41.3 Å².